The van der Waals surface area contributed by atoms with Gasteiger partial charge in [0, 0.05) is 32.7 Å². The molecule has 1 aliphatic rings. The van der Waals surface area contributed by atoms with Crippen LogP contribution in [0.4, 0.5) is 4.39 Å². The van der Waals surface area contributed by atoms with Crippen LogP contribution in [0.2, 0.25) is 0 Å². The molecule has 0 spiro atoms. The number of benzene rings is 1. The van der Waals surface area contributed by atoms with E-state index in [1.165, 1.54) is 18.2 Å². The van der Waals surface area contributed by atoms with Crippen molar-refractivity contribution in [2.75, 3.05) is 26.4 Å². The molecule has 0 bridgehead atoms. The highest BCUT2D eigenvalue weighted by Crippen LogP contribution is 2.19. The van der Waals surface area contributed by atoms with Crippen LogP contribution in [-0.2, 0) is 28.9 Å². The second kappa shape index (κ2) is 11.0. The number of rotatable bonds is 6. The topological polar surface area (TPSA) is 82.5 Å². The maximum atomic E-state index is 13.2. The van der Waals surface area contributed by atoms with Crippen LogP contribution in [0.25, 0.3) is 0 Å². The third kappa shape index (κ3) is 5.91. The van der Waals surface area contributed by atoms with Gasteiger partial charge in [-0.1, -0.05) is 6.92 Å². The molecule has 0 saturated heterocycles. The molecule has 2 aromatic rings. The standard InChI is InChI=1S/C23H30FN3O4/c1-3-19-21-20(7-4-12-30-13-5-10-25-22(21)28)27(26-19)11-6-14-31-23(29)18-9-8-17(24)15-16(18)2/h8-9,15H,3-7,10-14H2,1-2H3,(H,25,28). The van der Waals surface area contributed by atoms with Crippen LogP contribution < -0.4 is 5.32 Å². The van der Waals surface area contributed by atoms with Crippen LogP contribution >= 0.6 is 0 Å². The van der Waals surface area contributed by atoms with Crippen molar-refractivity contribution in [3.05, 3.63) is 52.1 Å². The van der Waals surface area contributed by atoms with Crippen molar-refractivity contribution >= 4 is 11.9 Å². The minimum atomic E-state index is -0.469. The van der Waals surface area contributed by atoms with Crippen LogP contribution in [0.5, 0.6) is 0 Å². The number of aryl methyl sites for hydroxylation is 3. The fourth-order valence-electron chi connectivity index (χ4n) is 3.72. The van der Waals surface area contributed by atoms with Crippen molar-refractivity contribution in [3.8, 4) is 0 Å². The van der Waals surface area contributed by atoms with Crippen molar-refractivity contribution in [2.24, 2.45) is 0 Å². The molecule has 0 radical (unpaired) electrons. The van der Waals surface area contributed by atoms with Crippen molar-refractivity contribution in [1.29, 1.82) is 0 Å². The first-order valence-corrected chi connectivity index (χ1v) is 10.9. The van der Waals surface area contributed by atoms with Crippen LogP contribution in [0.3, 0.4) is 0 Å². The summed E-state index contributed by atoms with van der Waals surface area (Å²) in [6, 6.07) is 4.00. The Morgan fingerprint density at radius 3 is 2.90 bits per heavy atom. The lowest BCUT2D eigenvalue weighted by atomic mass is 10.1. The molecular formula is C23H30FN3O4. The Kier molecular flexibility index (Phi) is 8.17. The molecule has 168 valence electrons. The number of hydrogen-bond acceptors (Lipinski definition) is 5. The smallest absolute Gasteiger partial charge is 0.338 e. The molecule has 2 heterocycles. The van der Waals surface area contributed by atoms with Crippen molar-refractivity contribution in [2.45, 2.75) is 52.5 Å². The van der Waals surface area contributed by atoms with Gasteiger partial charge in [-0.15, -0.1) is 0 Å². The number of esters is 1. The normalized spacial score (nSPS) is 15.0. The van der Waals surface area contributed by atoms with Gasteiger partial charge in [-0.25, -0.2) is 9.18 Å². The largest absolute Gasteiger partial charge is 0.462 e. The van der Waals surface area contributed by atoms with E-state index in [0.29, 0.717) is 62.3 Å². The van der Waals surface area contributed by atoms with E-state index < -0.39 is 5.97 Å². The predicted octanol–water partition coefficient (Wildman–Crippen LogP) is 3.22. The summed E-state index contributed by atoms with van der Waals surface area (Å²) in [5, 5.41) is 7.63. The average molecular weight is 432 g/mol. The molecule has 1 aliphatic heterocycles. The van der Waals surface area contributed by atoms with Gasteiger partial charge in [0.15, 0.2) is 0 Å². The number of ether oxygens (including phenoxy) is 2. The van der Waals surface area contributed by atoms with Crippen LogP contribution in [0, 0.1) is 12.7 Å². The van der Waals surface area contributed by atoms with Gasteiger partial charge in [-0.05, 0) is 56.4 Å². The van der Waals surface area contributed by atoms with E-state index in [9.17, 15) is 14.0 Å². The monoisotopic (exact) mass is 431 g/mol. The maximum Gasteiger partial charge on any atom is 0.338 e. The highest BCUT2D eigenvalue weighted by molar-refractivity contribution is 5.96. The van der Waals surface area contributed by atoms with E-state index in [-0.39, 0.29) is 18.3 Å². The SMILES string of the molecule is CCc1nn(CCCOC(=O)c2ccc(F)cc2C)c2c1C(=O)NCCCOCCC2. The van der Waals surface area contributed by atoms with Gasteiger partial charge in [0.1, 0.15) is 5.82 Å². The third-order valence-electron chi connectivity index (χ3n) is 5.30. The van der Waals surface area contributed by atoms with E-state index >= 15 is 0 Å². The first-order chi connectivity index (χ1) is 15.0. The quantitative estimate of drug-likeness (QED) is 0.561. The maximum absolute atomic E-state index is 13.2. The van der Waals surface area contributed by atoms with Gasteiger partial charge in [-0.2, -0.15) is 5.10 Å². The summed E-state index contributed by atoms with van der Waals surface area (Å²) in [6.07, 6.45) is 3.52. The molecule has 0 saturated carbocycles. The van der Waals surface area contributed by atoms with Crippen molar-refractivity contribution in [3.63, 3.8) is 0 Å². The molecule has 1 amide bonds. The molecule has 1 N–H and O–H groups in total. The Morgan fingerprint density at radius 2 is 2.13 bits per heavy atom. The molecular weight excluding hydrogens is 401 g/mol. The number of fused-ring (bicyclic) bond motifs is 1. The Hall–Kier alpha value is -2.74. The lowest BCUT2D eigenvalue weighted by Crippen LogP contribution is -2.26. The number of hydrogen-bond donors (Lipinski definition) is 1. The summed E-state index contributed by atoms with van der Waals surface area (Å²) in [6.45, 7) is 6.27. The molecule has 31 heavy (non-hydrogen) atoms. The summed E-state index contributed by atoms with van der Waals surface area (Å²) < 4.78 is 26.1. The fourth-order valence-corrected chi connectivity index (χ4v) is 3.72. The highest BCUT2D eigenvalue weighted by Gasteiger charge is 2.23. The Morgan fingerprint density at radius 1 is 1.32 bits per heavy atom. The van der Waals surface area contributed by atoms with E-state index in [1.807, 2.05) is 11.6 Å². The molecule has 7 nitrogen and oxygen atoms in total. The first kappa shape index (κ1) is 22.9. The van der Waals surface area contributed by atoms with Crippen LogP contribution in [-0.4, -0.2) is 48.0 Å². The van der Waals surface area contributed by atoms with Crippen molar-refractivity contribution in [1.82, 2.24) is 15.1 Å². The average Bonchev–Trinajstić information content (AvgIpc) is 3.08. The minimum Gasteiger partial charge on any atom is -0.462 e. The number of nitrogens with zero attached hydrogens (tertiary/aromatic N) is 2. The zero-order valence-corrected chi connectivity index (χ0v) is 18.2. The zero-order valence-electron chi connectivity index (χ0n) is 18.2. The molecule has 0 unspecified atom stereocenters. The number of aromatic nitrogens is 2. The number of nitrogens with one attached hydrogen (secondary N) is 1. The summed E-state index contributed by atoms with van der Waals surface area (Å²) in [7, 11) is 0. The van der Waals surface area contributed by atoms with E-state index in [2.05, 4.69) is 10.4 Å². The second-order valence-electron chi connectivity index (χ2n) is 7.62. The first-order valence-electron chi connectivity index (χ1n) is 10.9. The third-order valence-corrected chi connectivity index (χ3v) is 5.30. The van der Waals surface area contributed by atoms with Gasteiger partial charge in [0.2, 0.25) is 0 Å². The molecule has 8 heteroatoms. The lowest BCUT2D eigenvalue weighted by Gasteiger charge is -2.10. The minimum absolute atomic E-state index is 0.0850. The number of carbonyl (C=O) groups is 2. The Labute approximate surface area is 181 Å². The molecule has 1 aromatic carbocycles. The van der Waals surface area contributed by atoms with Crippen molar-refractivity contribution < 1.29 is 23.5 Å². The van der Waals surface area contributed by atoms with Gasteiger partial charge in [0.25, 0.3) is 5.91 Å². The van der Waals surface area contributed by atoms with Gasteiger partial charge < -0.3 is 14.8 Å². The predicted molar refractivity (Wildman–Crippen MR) is 114 cm³/mol. The lowest BCUT2D eigenvalue weighted by molar-refractivity contribution is 0.0493. The van der Waals surface area contributed by atoms with Crippen LogP contribution in [0.1, 0.15) is 63.9 Å². The fraction of sp³-hybridized carbons (Fsp3) is 0.522. The van der Waals surface area contributed by atoms with E-state index in [4.69, 9.17) is 9.47 Å². The molecule has 0 atom stereocenters. The van der Waals surface area contributed by atoms with E-state index in [1.54, 1.807) is 6.92 Å². The Bertz CT molecular complexity index is 926. The summed E-state index contributed by atoms with van der Waals surface area (Å²) in [5.74, 6) is -0.936. The van der Waals surface area contributed by atoms with Gasteiger partial charge in [0.05, 0.1) is 29.1 Å². The second-order valence-corrected chi connectivity index (χ2v) is 7.62. The molecule has 1 aromatic heterocycles. The van der Waals surface area contributed by atoms with Crippen LogP contribution in [0.15, 0.2) is 18.2 Å². The molecule has 0 fully saturated rings. The zero-order chi connectivity index (χ0) is 22.2. The summed E-state index contributed by atoms with van der Waals surface area (Å²) >= 11 is 0. The Balaban J connectivity index is 1.65. The summed E-state index contributed by atoms with van der Waals surface area (Å²) in [5.41, 5.74) is 3.26. The highest BCUT2D eigenvalue weighted by atomic mass is 19.1. The van der Waals surface area contributed by atoms with Gasteiger partial charge >= 0.3 is 5.97 Å². The number of halogens is 1. The van der Waals surface area contributed by atoms with E-state index in [0.717, 1.165) is 24.2 Å². The van der Waals surface area contributed by atoms with Gasteiger partial charge in [-0.3, -0.25) is 9.48 Å². The molecule has 0 aliphatic carbocycles. The number of amides is 1. The summed E-state index contributed by atoms with van der Waals surface area (Å²) in [4.78, 5) is 25.0. The number of carbonyl (C=O) groups excluding carboxylic acids is 2. The molecule has 3 rings (SSSR count).